The van der Waals surface area contributed by atoms with Crippen LogP contribution in [0.1, 0.15) is 35.7 Å². The summed E-state index contributed by atoms with van der Waals surface area (Å²) < 4.78 is 10.9. The van der Waals surface area contributed by atoms with Crippen LogP contribution in [-0.2, 0) is 13.0 Å². The highest BCUT2D eigenvalue weighted by Gasteiger charge is 2.12. The molecule has 0 fully saturated rings. The van der Waals surface area contributed by atoms with E-state index in [1.807, 2.05) is 30.3 Å². The molecule has 0 atom stereocenters. The Labute approximate surface area is 140 Å². The zero-order chi connectivity index (χ0) is 16.9. The third-order valence-corrected chi connectivity index (χ3v) is 3.71. The fourth-order valence-corrected chi connectivity index (χ4v) is 2.34. The second-order valence-corrected chi connectivity index (χ2v) is 5.40. The van der Waals surface area contributed by atoms with Gasteiger partial charge in [-0.3, -0.25) is 4.79 Å². The molecule has 3 aromatic rings. The summed E-state index contributed by atoms with van der Waals surface area (Å²) in [6.07, 6.45) is 0.987. The Morgan fingerprint density at radius 3 is 2.58 bits per heavy atom. The SMILES string of the molecule is CCc1ccc(-c2noc(COc3ccccc3C(C)=O)n2)cc1. The number of ether oxygens (including phenoxy) is 1. The number of aryl methyl sites for hydroxylation is 1. The van der Waals surface area contributed by atoms with Crippen molar-refractivity contribution in [3.05, 3.63) is 65.5 Å². The van der Waals surface area contributed by atoms with Gasteiger partial charge >= 0.3 is 0 Å². The summed E-state index contributed by atoms with van der Waals surface area (Å²) in [6, 6.07) is 15.1. The normalized spacial score (nSPS) is 10.6. The van der Waals surface area contributed by atoms with E-state index in [0.717, 1.165) is 12.0 Å². The molecule has 1 heterocycles. The summed E-state index contributed by atoms with van der Waals surface area (Å²) in [5.74, 6) is 1.35. The highest BCUT2D eigenvalue weighted by Crippen LogP contribution is 2.21. The number of Topliss-reactive ketones (excluding diaryl/α,β-unsaturated/α-hetero) is 1. The zero-order valence-corrected chi connectivity index (χ0v) is 13.7. The zero-order valence-electron chi connectivity index (χ0n) is 13.7. The van der Waals surface area contributed by atoms with Gasteiger partial charge in [0.2, 0.25) is 5.82 Å². The lowest BCUT2D eigenvalue weighted by atomic mass is 10.1. The van der Waals surface area contributed by atoms with E-state index in [2.05, 4.69) is 17.1 Å². The van der Waals surface area contributed by atoms with Crippen molar-refractivity contribution in [1.29, 1.82) is 0 Å². The molecule has 5 nitrogen and oxygen atoms in total. The number of para-hydroxylation sites is 1. The summed E-state index contributed by atoms with van der Waals surface area (Å²) in [5.41, 5.74) is 2.69. The molecule has 5 heteroatoms. The van der Waals surface area contributed by atoms with Crippen molar-refractivity contribution >= 4 is 5.78 Å². The highest BCUT2D eigenvalue weighted by molar-refractivity contribution is 5.96. The highest BCUT2D eigenvalue weighted by atomic mass is 16.5. The van der Waals surface area contributed by atoms with Gasteiger partial charge in [-0.25, -0.2) is 0 Å². The quantitative estimate of drug-likeness (QED) is 0.640. The van der Waals surface area contributed by atoms with Crippen LogP contribution in [0.5, 0.6) is 5.75 Å². The van der Waals surface area contributed by atoms with E-state index in [0.29, 0.717) is 23.0 Å². The average molecular weight is 322 g/mol. The number of nitrogens with zero attached hydrogens (tertiary/aromatic N) is 2. The Bertz CT molecular complexity index is 838. The lowest BCUT2D eigenvalue weighted by Crippen LogP contribution is -2.01. The second kappa shape index (κ2) is 7.08. The van der Waals surface area contributed by atoms with Gasteiger partial charge in [0.15, 0.2) is 12.4 Å². The number of carbonyl (C=O) groups is 1. The van der Waals surface area contributed by atoms with Crippen LogP contribution in [0.2, 0.25) is 0 Å². The van der Waals surface area contributed by atoms with Crippen molar-refractivity contribution in [2.75, 3.05) is 0 Å². The minimum absolute atomic E-state index is 0.0483. The third-order valence-electron chi connectivity index (χ3n) is 3.71. The van der Waals surface area contributed by atoms with Crippen LogP contribution in [0.4, 0.5) is 0 Å². The first-order valence-corrected chi connectivity index (χ1v) is 7.82. The molecule has 0 radical (unpaired) electrons. The molecule has 0 aliphatic carbocycles. The van der Waals surface area contributed by atoms with Crippen LogP contribution in [-0.4, -0.2) is 15.9 Å². The monoisotopic (exact) mass is 322 g/mol. The van der Waals surface area contributed by atoms with Gasteiger partial charge < -0.3 is 9.26 Å². The van der Waals surface area contributed by atoms with Crippen LogP contribution >= 0.6 is 0 Å². The van der Waals surface area contributed by atoms with E-state index in [1.54, 1.807) is 18.2 Å². The Morgan fingerprint density at radius 1 is 1.12 bits per heavy atom. The Hall–Kier alpha value is -2.95. The van der Waals surface area contributed by atoms with Crippen molar-refractivity contribution in [3.8, 4) is 17.1 Å². The predicted octanol–water partition coefficient (Wildman–Crippen LogP) is 4.08. The summed E-state index contributed by atoms with van der Waals surface area (Å²) in [4.78, 5) is 15.9. The largest absolute Gasteiger partial charge is 0.483 e. The number of hydrogen-bond donors (Lipinski definition) is 0. The lowest BCUT2D eigenvalue weighted by molar-refractivity contribution is 0.101. The van der Waals surface area contributed by atoms with Gasteiger partial charge in [-0.05, 0) is 31.0 Å². The lowest BCUT2D eigenvalue weighted by Gasteiger charge is -2.06. The number of benzene rings is 2. The molecule has 122 valence electrons. The molecule has 0 aliphatic rings. The second-order valence-electron chi connectivity index (χ2n) is 5.40. The van der Waals surface area contributed by atoms with Crippen LogP contribution < -0.4 is 4.74 Å². The number of rotatable bonds is 6. The van der Waals surface area contributed by atoms with Crippen LogP contribution in [0.25, 0.3) is 11.4 Å². The third kappa shape index (κ3) is 3.51. The topological polar surface area (TPSA) is 65.2 Å². The van der Waals surface area contributed by atoms with E-state index in [9.17, 15) is 4.79 Å². The molecule has 0 spiro atoms. The first-order chi connectivity index (χ1) is 11.7. The van der Waals surface area contributed by atoms with Gasteiger partial charge in [0, 0.05) is 5.56 Å². The van der Waals surface area contributed by atoms with Crippen LogP contribution in [0.15, 0.2) is 53.1 Å². The minimum Gasteiger partial charge on any atom is -0.483 e. The predicted molar refractivity (Wildman–Crippen MR) is 89.9 cm³/mol. The van der Waals surface area contributed by atoms with Crippen molar-refractivity contribution in [2.45, 2.75) is 26.9 Å². The van der Waals surface area contributed by atoms with Crippen molar-refractivity contribution in [3.63, 3.8) is 0 Å². The summed E-state index contributed by atoms with van der Waals surface area (Å²) in [7, 11) is 0. The van der Waals surface area contributed by atoms with Crippen molar-refractivity contribution < 1.29 is 14.1 Å². The molecule has 0 unspecified atom stereocenters. The number of carbonyl (C=O) groups excluding carboxylic acids is 1. The molecular weight excluding hydrogens is 304 g/mol. The van der Waals surface area contributed by atoms with Gasteiger partial charge in [0.05, 0.1) is 5.56 Å². The van der Waals surface area contributed by atoms with E-state index in [1.165, 1.54) is 12.5 Å². The summed E-state index contributed by atoms with van der Waals surface area (Å²) in [5, 5.41) is 3.98. The van der Waals surface area contributed by atoms with Gasteiger partial charge in [-0.15, -0.1) is 0 Å². The maximum absolute atomic E-state index is 11.6. The van der Waals surface area contributed by atoms with Crippen molar-refractivity contribution in [2.24, 2.45) is 0 Å². The summed E-state index contributed by atoms with van der Waals surface area (Å²) >= 11 is 0. The molecule has 0 saturated heterocycles. The fraction of sp³-hybridized carbons (Fsp3) is 0.211. The number of ketones is 1. The Kier molecular flexibility index (Phi) is 4.70. The Morgan fingerprint density at radius 2 is 1.88 bits per heavy atom. The smallest absolute Gasteiger partial charge is 0.264 e. The molecular formula is C19H18N2O3. The standard InChI is InChI=1S/C19H18N2O3/c1-3-14-8-10-15(11-9-14)19-20-18(24-21-19)12-23-17-7-5-4-6-16(17)13(2)22/h4-11H,3,12H2,1-2H3. The molecule has 0 bridgehead atoms. The van der Waals surface area contributed by atoms with Gasteiger partial charge in [0.1, 0.15) is 5.75 Å². The summed E-state index contributed by atoms with van der Waals surface area (Å²) in [6.45, 7) is 3.73. The molecule has 0 N–H and O–H groups in total. The molecule has 2 aromatic carbocycles. The number of aromatic nitrogens is 2. The van der Waals surface area contributed by atoms with E-state index in [-0.39, 0.29) is 12.4 Å². The van der Waals surface area contributed by atoms with Gasteiger partial charge in [-0.2, -0.15) is 4.98 Å². The Balaban J connectivity index is 1.71. The first kappa shape index (κ1) is 15.9. The molecule has 0 amide bonds. The van der Waals surface area contributed by atoms with Gasteiger partial charge in [0.25, 0.3) is 5.89 Å². The average Bonchev–Trinajstić information content (AvgIpc) is 3.09. The van der Waals surface area contributed by atoms with Crippen LogP contribution in [0, 0.1) is 0 Å². The number of hydrogen-bond acceptors (Lipinski definition) is 5. The maximum atomic E-state index is 11.6. The molecule has 0 aliphatic heterocycles. The van der Waals surface area contributed by atoms with E-state index >= 15 is 0 Å². The van der Waals surface area contributed by atoms with E-state index < -0.39 is 0 Å². The van der Waals surface area contributed by atoms with Gasteiger partial charge in [-0.1, -0.05) is 48.5 Å². The molecule has 24 heavy (non-hydrogen) atoms. The van der Waals surface area contributed by atoms with Crippen LogP contribution in [0.3, 0.4) is 0 Å². The molecule has 3 rings (SSSR count). The molecule has 0 saturated carbocycles. The fourth-order valence-electron chi connectivity index (χ4n) is 2.34. The maximum Gasteiger partial charge on any atom is 0.264 e. The van der Waals surface area contributed by atoms with Crippen molar-refractivity contribution in [1.82, 2.24) is 10.1 Å². The first-order valence-electron chi connectivity index (χ1n) is 7.82. The molecule has 1 aromatic heterocycles. The minimum atomic E-state index is -0.0483. The van der Waals surface area contributed by atoms with E-state index in [4.69, 9.17) is 9.26 Å².